The van der Waals surface area contributed by atoms with E-state index in [0.29, 0.717) is 12.5 Å². The number of carbonyl (C=O) groups is 1. The largest absolute Gasteiger partial charge is 0.445 e. The zero-order valence-corrected chi connectivity index (χ0v) is 11.8. The number of alkyl carbamates (subject to hydrolysis) is 1. The number of hydrogen-bond donors (Lipinski definition) is 1. The lowest BCUT2D eigenvalue weighted by atomic mass is 9.78. The topological polar surface area (TPSA) is 38.3 Å². The Balaban J connectivity index is 1.81. The average molecular weight is 261 g/mol. The van der Waals surface area contributed by atoms with Crippen LogP contribution >= 0.6 is 0 Å². The quantitative estimate of drug-likeness (QED) is 0.896. The summed E-state index contributed by atoms with van der Waals surface area (Å²) in [4.78, 5) is 11.9. The van der Waals surface area contributed by atoms with Gasteiger partial charge in [-0.2, -0.15) is 0 Å². The van der Waals surface area contributed by atoms with Gasteiger partial charge < -0.3 is 10.1 Å². The van der Waals surface area contributed by atoms with Gasteiger partial charge in [-0.15, -0.1) is 0 Å². The molecule has 2 rings (SSSR count). The van der Waals surface area contributed by atoms with Crippen LogP contribution in [0.5, 0.6) is 0 Å². The van der Waals surface area contributed by atoms with Crippen molar-refractivity contribution in [3.63, 3.8) is 0 Å². The number of carbonyl (C=O) groups excluding carboxylic acids is 1. The highest BCUT2D eigenvalue weighted by Gasteiger charge is 2.32. The molecule has 0 aromatic heterocycles. The summed E-state index contributed by atoms with van der Waals surface area (Å²) < 4.78 is 5.28. The Morgan fingerprint density at radius 1 is 1.42 bits per heavy atom. The van der Waals surface area contributed by atoms with Crippen LogP contribution in [0.2, 0.25) is 0 Å². The van der Waals surface area contributed by atoms with Crippen molar-refractivity contribution in [3.05, 3.63) is 35.9 Å². The molecule has 0 spiro atoms. The molecule has 1 aliphatic carbocycles. The normalized spacial score (nSPS) is 26.7. The molecule has 1 amide bonds. The highest BCUT2D eigenvalue weighted by Crippen LogP contribution is 2.31. The SMILES string of the molecule is C[C@H]1CCC[C@@](C)(NC(=O)OCc2ccccc2)C1. The van der Waals surface area contributed by atoms with Crippen molar-refractivity contribution in [2.45, 2.75) is 51.7 Å². The predicted molar refractivity (Wildman–Crippen MR) is 75.8 cm³/mol. The van der Waals surface area contributed by atoms with Crippen LogP contribution in [0.1, 0.15) is 45.1 Å². The summed E-state index contributed by atoms with van der Waals surface area (Å²) >= 11 is 0. The molecule has 1 aromatic carbocycles. The lowest BCUT2D eigenvalue weighted by Gasteiger charge is -2.37. The van der Waals surface area contributed by atoms with Gasteiger partial charge in [-0.3, -0.25) is 0 Å². The molecule has 0 aliphatic heterocycles. The van der Waals surface area contributed by atoms with E-state index in [1.165, 1.54) is 12.8 Å². The maximum atomic E-state index is 11.9. The second-order valence-electron chi connectivity index (χ2n) is 5.95. The minimum atomic E-state index is -0.305. The summed E-state index contributed by atoms with van der Waals surface area (Å²) in [5.41, 5.74) is 0.908. The third-order valence-corrected chi connectivity index (χ3v) is 3.84. The van der Waals surface area contributed by atoms with Crippen molar-refractivity contribution in [1.82, 2.24) is 5.32 Å². The Kier molecular flexibility index (Phi) is 4.46. The highest BCUT2D eigenvalue weighted by atomic mass is 16.5. The second-order valence-corrected chi connectivity index (χ2v) is 5.95. The standard InChI is InChI=1S/C16H23NO2/c1-13-7-6-10-16(2,11-13)17-15(18)19-12-14-8-4-3-5-9-14/h3-5,8-9,13H,6-7,10-12H2,1-2H3,(H,17,18)/t13-,16+/m0/s1. The van der Waals surface area contributed by atoms with Gasteiger partial charge in [0, 0.05) is 5.54 Å². The fourth-order valence-corrected chi connectivity index (χ4v) is 2.93. The highest BCUT2D eigenvalue weighted by molar-refractivity contribution is 5.68. The van der Waals surface area contributed by atoms with E-state index in [-0.39, 0.29) is 11.6 Å². The maximum absolute atomic E-state index is 11.9. The zero-order valence-electron chi connectivity index (χ0n) is 11.8. The van der Waals surface area contributed by atoms with Gasteiger partial charge in [0.25, 0.3) is 0 Å². The van der Waals surface area contributed by atoms with Crippen molar-refractivity contribution in [3.8, 4) is 0 Å². The molecule has 0 radical (unpaired) electrons. The Morgan fingerprint density at radius 3 is 2.84 bits per heavy atom. The van der Waals surface area contributed by atoms with Crippen LogP contribution < -0.4 is 5.32 Å². The van der Waals surface area contributed by atoms with Crippen LogP contribution in [-0.4, -0.2) is 11.6 Å². The van der Waals surface area contributed by atoms with Gasteiger partial charge in [-0.25, -0.2) is 4.79 Å². The van der Waals surface area contributed by atoms with E-state index in [1.54, 1.807) is 0 Å². The van der Waals surface area contributed by atoms with E-state index < -0.39 is 0 Å². The van der Waals surface area contributed by atoms with Gasteiger partial charge in [0.05, 0.1) is 0 Å². The predicted octanol–water partition coefficient (Wildman–Crippen LogP) is 3.88. The van der Waals surface area contributed by atoms with Gasteiger partial charge in [0.15, 0.2) is 0 Å². The van der Waals surface area contributed by atoms with Crippen molar-refractivity contribution < 1.29 is 9.53 Å². The molecule has 0 bridgehead atoms. The number of rotatable bonds is 3. The number of ether oxygens (including phenoxy) is 1. The van der Waals surface area contributed by atoms with Crippen molar-refractivity contribution in [2.24, 2.45) is 5.92 Å². The molecule has 0 saturated heterocycles. The Bertz CT molecular complexity index is 418. The van der Waals surface area contributed by atoms with Gasteiger partial charge >= 0.3 is 6.09 Å². The van der Waals surface area contributed by atoms with E-state index in [2.05, 4.69) is 19.2 Å². The Morgan fingerprint density at radius 2 is 2.16 bits per heavy atom. The Labute approximate surface area is 115 Å². The molecule has 19 heavy (non-hydrogen) atoms. The van der Waals surface area contributed by atoms with E-state index in [4.69, 9.17) is 4.74 Å². The maximum Gasteiger partial charge on any atom is 0.407 e. The summed E-state index contributed by atoms with van der Waals surface area (Å²) in [5, 5.41) is 3.03. The van der Waals surface area contributed by atoms with Gasteiger partial charge in [-0.05, 0) is 31.2 Å². The molecular formula is C16H23NO2. The van der Waals surface area contributed by atoms with Crippen LogP contribution in [0.25, 0.3) is 0 Å². The van der Waals surface area contributed by atoms with Crippen LogP contribution in [0.4, 0.5) is 4.79 Å². The zero-order chi connectivity index (χ0) is 13.7. The number of amides is 1. The lowest BCUT2D eigenvalue weighted by molar-refractivity contribution is 0.115. The first-order valence-corrected chi connectivity index (χ1v) is 7.06. The molecule has 1 aliphatic rings. The molecule has 0 heterocycles. The van der Waals surface area contributed by atoms with Crippen molar-refractivity contribution >= 4 is 6.09 Å². The molecule has 3 nitrogen and oxygen atoms in total. The number of nitrogens with one attached hydrogen (secondary N) is 1. The minimum Gasteiger partial charge on any atom is -0.445 e. The Hall–Kier alpha value is -1.51. The smallest absolute Gasteiger partial charge is 0.407 e. The number of hydrogen-bond acceptors (Lipinski definition) is 2. The van der Waals surface area contributed by atoms with E-state index in [0.717, 1.165) is 18.4 Å². The van der Waals surface area contributed by atoms with Crippen molar-refractivity contribution in [2.75, 3.05) is 0 Å². The molecule has 1 N–H and O–H groups in total. The summed E-state index contributed by atoms with van der Waals surface area (Å²) in [6, 6.07) is 9.75. The lowest BCUT2D eigenvalue weighted by Crippen LogP contribution is -2.48. The van der Waals surface area contributed by atoms with E-state index in [1.807, 2.05) is 30.3 Å². The fraction of sp³-hybridized carbons (Fsp3) is 0.562. The molecule has 1 saturated carbocycles. The number of benzene rings is 1. The first-order valence-electron chi connectivity index (χ1n) is 7.06. The van der Waals surface area contributed by atoms with Crippen LogP contribution in [-0.2, 0) is 11.3 Å². The van der Waals surface area contributed by atoms with E-state index >= 15 is 0 Å². The van der Waals surface area contributed by atoms with Crippen LogP contribution in [0.15, 0.2) is 30.3 Å². The van der Waals surface area contributed by atoms with Gasteiger partial charge in [0.2, 0.25) is 0 Å². The van der Waals surface area contributed by atoms with Crippen LogP contribution in [0, 0.1) is 5.92 Å². The summed E-state index contributed by atoms with van der Waals surface area (Å²) in [7, 11) is 0. The average Bonchev–Trinajstić information content (AvgIpc) is 2.37. The molecule has 1 fully saturated rings. The molecule has 2 atom stereocenters. The molecular weight excluding hydrogens is 238 g/mol. The van der Waals surface area contributed by atoms with Crippen LogP contribution in [0.3, 0.4) is 0 Å². The van der Waals surface area contributed by atoms with Gasteiger partial charge in [-0.1, -0.05) is 50.1 Å². The molecule has 1 aromatic rings. The summed E-state index contributed by atoms with van der Waals surface area (Å²) in [6.07, 6.45) is 4.21. The fourth-order valence-electron chi connectivity index (χ4n) is 2.93. The second kappa shape index (κ2) is 6.09. The summed E-state index contributed by atoms with van der Waals surface area (Å²) in [5.74, 6) is 0.674. The van der Waals surface area contributed by atoms with Crippen molar-refractivity contribution in [1.29, 1.82) is 0 Å². The van der Waals surface area contributed by atoms with Gasteiger partial charge in [0.1, 0.15) is 6.61 Å². The first kappa shape index (κ1) is 13.9. The minimum absolute atomic E-state index is 0.106. The third-order valence-electron chi connectivity index (χ3n) is 3.84. The monoisotopic (exact) mass is 261 g/mol. The third kappa shape index (κ3) is 4.27. The first-order chi connectivity index (χ1) is 9.07. The molecule has 3 heteroatoms. The van der Waals surface area contributed by atoms with E-state index in [9.17, 15) is 4.79 Å². The molecule has 104 valence electrons. The molecule has 0 unspecified atom stereocenters. The summed E-state index contributed by atoms with van der Waals surface area (Å²) in [6.45, 7) is 4.69.